The smallest absolute Gasteiger partial charge is 0.192 e. The maximum atomic E-state index is 13.3. The third-order valence-electron chi connectivity index (χ3n) is 1.94. The molecule has 0 aliphatic rings. The molecular formula is C9H6ClF2N3. The summed E-state index contributed by atoms with van der Waals surface area (Å²) in [4.78, 5) is 0. The second-order valence-corrected chi connectivity index (χ2v) is 3.33. The number of halogens is 3. The first-order valence-corrected chi connectivity index (χ1v) is 4.42. The lowest BCUT2D eigenvalue weighted by molar-refractivity contribution is 0.627. The number of nitrogen functional groups attached to an aromatic ring is 1. The van der Waals surface area contributed by atoms with Crippen LogP contribution in [0.15, 0.2) is 18.2 Å². The predicted octanol–water partition coefficient (Wildman–Crippen LogP) is 2.59. The van der Waals surface area contributed by atoms with Gasteiger partial charge in [0.25, 0.3) is 0 Å². The highest BCUT2D eigenvalue weighted by Gasteiger charge is 2.13. The topological polar surface area (TPSA) is 54.7 Å². The predicted molar refractivity (Wildman–Crippen MR) is 53.4 cm³/mol. The summed E-state index contributed by atoms with van der Waals surface area (Å²) in [5.74, 6) is -1.46. The summed E-state index contributed by atoms with van der Waals surface area (Å²) >= 11 is 5.56. The van der Waals surface area contributed by atoms with Gasteiger partial charge in [0.05, 0.1) is 5.02 Å². The first-order valence-electron chi connectivity index (χ1n) is 4.04. The average molecular weight is 230 g/mol. The Bertz CT molecular complexity index is 510. The molecular weight excluding hydrogens is 224 g/mol. The summed E-state index contributed by atoms with van der Waals surface area (Å²) < 4.78 is 26.2. The van der Waals surface area contributed by atoms with Crippen molar-refractivity contribution in [3.05, 3.63) is 34.9 Å². The van der Waals surface area contributed by atoms with Gasteiger partial charge in [-0.05, 0) is 18.2 Å². The van der Waals surface area contributed by atoms with E-state index >= 15 is 0 Å². The number of hydrogen-bond donors (Lipinski definition) is 2. The zero-order chi connectivity index (χ0) is 11.0. The van der Waals surface area contributed by atoms with Crippen molar-refractivity contribution in [1.82, 2.24) is 10.2 Å². The molecule has 15 heavy (non-hydrogen) atoms. The van der Waals surface area contributed by atoms with Crippen molar-refractivity contribution < 1.29 is 8.78 Å². The van der Waals surface area contributed by atoms with E-state index in [4.69, 9.17) is 17.3 Å². The van der Waals surface area contributed by atoms with Gasteiger partial charge in [-0.2, -0.15) is 5.10 Å². The zero-order valence-electron chi connectivity index (χ0n) is 7.39. The highest BCUT2D eigenvalue weighted by molar-refractivity contribution is 6.31. The minimum absolute atomic E-state index is 0.0833. The van der Waals surface area contributed by atoms with Crippen LogP contribution in [0, 0.1) is 11.6 Å². The van der Waals surface area contributed by atoms with Crippen LogP contribution in [-0.4, -0.2) is 10.2 Å². The average Bonchev–Trinajstić information content (AvgIpc) is 2.53. The normalized spacial score (nSPS) is 10.6. The molecule has 1 aromatic heterocycles. The summed E-state index contributed by atoms with van der Waals surface area (Å²) in [5.41, 5.74) is 5.71. The van der Waals surface area contributed by atoms with Crippen LogP contribution in [0.2, 0.25) is 5.02 Å². The first-order chi connectivity index (χ1) is 7.09. The number of anilines is 1. The molecule has 0 saturated heterocycles. The van der Waals surface area contributed by atoms with Crippen molar-refractivity contribution >= 4 is 17.4 Å². The molecule has 0 unspecified atom stereocenters. The van der Waals surface area contributed by atoms with Crippen LogP contribution in [0.4, 0.5) is 14.6 Å². The van der Waals surface area contributed by atoms with E-state index in [1.165, 1.54) is 12.1 Å². The standard InChI is InChI=1S/C9H6ClF2N3/c10-5-3-4(1-2-6(5)11)8-7(12)9(13)15-14-8/h1-3H,(H3,13,14,15). The fourth-order valence-corrected chi connectivity index (χ4v) is 1.37. The van der Waals surface area contributed by atoms with E-state index in [0.717, 1.165) is 6.07 Å². The summed E-state index contributed by atoms with van der Waals surface area (Å²) in [5, 5.41) is 5.81. The van der Waals surface area contributed by atoms with Crippen molar-refractivity contribution in [1.29, 1.82) is 0 Å². The molecule has 0 bridgehead atoms. The van der Waals surface area contributed by atoms with Crippen molar-refractivity contribution in [3.63, 3.8) is 0 Å². The maximum absolute atomic E-state index is 13.3. The molecule has 78 valence electrons. The Labute approximate surface area is 88.9 Å². The Kier molecular flexibility index (Phi) is 2.32. The van der Waals surface area contributed by atoms with Crippen molar-refractivity contribution in [3.8, 4) is 11.3 Å². The molecule has 0 aliphatic carbocycles. The molecule has 3 nitrogen and oxygen atoms in total. The monoisotopic (exact) mass is 229 g/mol. The van der Waals surface area contributed by atoms with Gasteiger partial charge in [-0.3, -0.25) is 5.10 Å². The molecule has 0 amide bonds. The van der Waals surface area contributed by atoms with E-state index in [0.29, 0.717) is 5.56 Å². The molecule has 1 aromatic carbocycles. The highest BCUT2D eigenvalue weighted by Crippen LogP contribution is 2.27. The number of aromatic amines is 1. The lowest BCUT2D eigenvalue weighted by Gasteiger charge is -1.99. The summed E-state index contributed by atoms with van der Waals surface area (Å²) in [7, 11) is 0. The Balaban J connectivity index is 2.55. The minimum atomic E-state index is -0.669. The number of nitrogens with zero attached hydrogens (tertiary/aromatic N) is 1. The van der Waals surface area contributed by atoms with E-state index in [1.54, 1.807) is 0 Å². The van der Waals surface area contributed by atoms with Gasteiger partial charge < -0.3 is 5.73 Å². The van der Waals surface area contributed by atoms with Gasteiger partial charge in [-0.25, -0.2) is 8.78 Å². The van der Waals surface area contributed by atoms with E-state index < -0.39 is 11.6 Å². The molecule has 0 fully saturated rings. The summed E-state index contributed by atoms with van der Waals surface area (Å²) in [6, 6.07) is 3.83. The van der Waals surface area contributed by atoms with Crippen LogP contribution >= 0.6 is 11.6 Å². The molecule has 1 heterocycles. The van der Waals surface area contributed by atoms with Gasteiger partial charge in [-0.1, -0.05) is 11.6 Å². The Morgan fingerprint density at radius 3 is 2.60 bits per heavy atom. The van der Waals surface area contributed by atoms with Crippen molar-refractivity contribution in [2.24, 2.45) is 0 Å². The van der Waals surface area contributed by atoms with E-state index in [-0.39, 0.29) is 16.5 Å². The van der Waals surface area contributed by atoms with Crippen molar-refractivity contribution in [2.75, 3.05) is 5.73 Å². The molecule has 6 heteroatoms. The number of nitrogens with two attached hydrogens (primary N) is 1. The van der Waals surface area contributed by atoms with Crippen LogP contribution in [0.5, 0.6) is 0 Å². The SMILES string of the molecule is Nc1n[nH]c(-c2ccc(F)c(Cl)c2)c1F. The third-order valence-corrected chi connectivity index (χ3v) is 2.23. The van der Waals surface area contributed by atoms with Gasteiger partial charge in [-0.15, -0.1) is 0 Å². The van der Waals surface area contributed by atoms with E-state index in [1.807, 2.05) is 0 Å². The molecule has 0 spiro atoms. The van der Waals surface area contributed by atoms with Gasteiger partial charge >= 0.3 is 0 Å². The number of hydrogen-bond acceptors (Lipinski definition) is 2. The fourth-order valence-electron chi connectivity index (χ4n) is 1.19. The summed E-state index contributed by atoms with van der Waals surface area (Å²) in [6.07, 6.45) is 0. The number of rotatable bonds is 1. The first kappa shape index (κ1) is 9.92. The van der Waals surface area contributed by atoms with Crippen LogP contribution in [-0.2, 0) is 0 Å². The van der Waals surface area contributed by atoms with Gasteiger partial charge in [0.15, 0.2) is 11.6 Å². The van der Waals surface area contributed by atoms with Crippen LogP contribution in [0.1, 0.15) is 0 Å². The molecule has 0 radical (unpaired) electrons. The van der Waals surface area contributed by atoms with Crippen LogP contribution < -0.4 is 5.73 Å². The fraction of sp³-hybridized carbons (Fsp3) is 0. The molecule has 0 saturated carbocycles. The number of nitrogens with one attached hydrogen (secondary N) is 1. The molecule has 3 N–H and O–H groups in total. The van der Waals surface area contributed by atoms with Crippen LogP contribution in [0.3, 0.4) is 0 Å². The highest BCUT2D eigenvalue weighted by atomic mass is 35.5. The van der Waals surface area contributed by atoms with Gasteiger partial charge in [0.1, 0.15) is 11.5 Å². The maximum Gasteiger partial charge on any atom is 0.192 e. The Morgan fingerprint density at radius 1 is 1.33 bits per heavy atom. The van der Waals surface area contributed by atoms with Gasteiger partial charge in [0, 0.05) is 5.56 Å². The minimum Gasteiger partial charge on any atom is -0.380 e. The van der Waals surface area contributed by atoms with E-state index in [2.05, 4.69) is 10.2 Å². The molecule has 2 rings (SSSR count). The Hall–Kier alpha value is -1.62. The quantitative estimate of drug-likeness (QED) is 0.790. The molecule has 2 aromatic rings. The Morgan fingerprint density at radius 2 is 2.07 bits per heavy atom. The number of benzene rings is 1. The number of aromatic nitrogens is 2. The lowest BCUT2D eigenvalue weighted by Crippen LogP contribution is -1.88. The largest absolute Gasteiger partial charge is 0.380 e. The van der Waals surface area contributed by atoms with Crippen LogP contribution in [0.25, 0.3) is 11.3 Å². The third kappa shape index (κ3) is 1.66. The van der Waals surface area contributed by atoms with Crippen molar-refractivity contribution in [2.45, 2.75) is 0 Å². The summed E-state index contributed by atoms with van der Waals surface area (Å²) in [6.45, 7) is 0. The zero-order valence-corrected chi connectivity index (χ0v) is 8.15. The second kappa shape index (κ2) is 3.51. The second-order valence-electron chi connectivity index (χ2n) is 2.93. The van der Waals surface area contributed by atoms with E-state index in [9.17, 15) is 8.78 Å². The molecule has 0 aliphatic heterocycles. The van der Waals surface area contributed by atoms with Gasteiger partial charge in [0.2, 0.25) is 0 Å². The molecule has 0 atom stereocenters. The lowest BCUT2D eigenvalue weighted by atomic mass is 10.1. The number of H-pyrrole nitrogens is 1.